The minimum Gasteiger partial charge on any atom is -0.292 e. The maximum Gasteiger partial charge on any atom is 0.262 e. The van der Waals surface area contributed by atoms with Crippen LogP contribution in [0.3, 0.4) is 0 Å². The molecule has 0 fully saturated rings. The molecule has 0 aliphatic heterocycles. The lowest BCUT2D eigenvalue weighted by Gasteiger charge is -2.07. The van der Waals surface area contributed by atoms with Gasteiger partial charge >= 0.3 is 0 Å². The van der Waals surface area contributed by atoms with Crippen LogP contribution in [-0.2, 0) is 13.0 Å². The molecule has 0 amide bonds. The van der Waals surface area contributed by atoms with Crippen molar-refractivity contribution < 1.29 is 4.79 Å². The average molecular weight is 358 g/mol. The summed E-state index contributed by atoms with van der Waals surface area (Å²) in [5, 5.41) is 2.40. The molecule has 1 aliphatic carbocycles. The molecule has 4 nitrogen and oxygen atoms in total. The lowest BCUT2D eigenvalue weighted by Crippen LogP contribution is -2.24. The summed E-state index contributed by atoms with van der Waals surface area (Å²) in [5.74, 6) is -0.0813. The third-order valence-electron chi connectivity index (χ3n) is 4.88. The van der Waals surface area contributed by atoms with E-state index in [1.807, 2.05) is 35.7 Å². The summed E-state index contributed by atoms with van der Waals surface area (Å²) < 4.78 is 1.39. The Bertz CT molecular complexity index is 1240. The van der Waals surface area contributed by atoms with E-state index < -0.39 is 0 Å². The number of hydrogen-bond acceptors (Lipinski definition) is 4. The molecule has 0 saturated heterocycles. The zero-order valence-electron chi connectivity index (χ0n) is 13.8. The Morgan fingerprint density at radius 3 is 2.85 bits per heavy atom. The Hall–Kier alpha value is -3.05. The fourth-order valence-corrected chi connectivity index (χ4v) is 4.29. The van der Waals surface area contributed by atoms with Gasteiger partial charge in [0.15, 0.2) is 5.78 Å². The van der Waals surface area contributed by atoms with Crippen molar-refractivity contribution in [3.63, 3.8) is 0 Å². The Morgan fingerprint density at radius 1 is 1.08 bits per heavy atom. The molecule has 5 rings (SSSR count). The summed E-state index contributed by atoms with van der Waals surface area (Å²) in [6.07, 6.45) is 2.30. The van der Waals surface area contributed by atoms with Gasteiger partial charge in [-0.3, -0.25) is 14.2 Å². The van der Waals surface area contributed by atoms with E-state index in [0.717, 1.165) is 12.0 Å². The van der Waals surface area contributed by atoms with Crippen molar-refractivity contribution in [2.45, 2.75) is 13.0 Å². The summed E-state index contributed by atoms with van der Waals surface area (Å²) in [4.78, 5) is 30.2. The van der Waals surface area contributed by atoms with Crippen LogP contribution in [0, 0.1) is 0 Å². The number of Topliss-reactive ketones (excluding diaryl/α,β-unsaturated/α-hetero) is 1. The summed E-state index contributed by atoms with van der Waals surface area (Å²) in [6, 6.07) is 15.9. The zero-order chi connectivity index (χ0) is 17.7. The van der Waals surface area contributed by atoms with Crippen molar-refractivity contribution in [2.75, 3.05) is 0 Å². The molecule has 2 aromatic heterocycles. The second kappa shape index (κ2) is 5.75. The van der Waals surface area contributed by atoms with Gasteiger partial charge in [0, 0.05) is 5.56 Å². The van der Waals surface area contributed by atoms with Crippen molar-refractivity contribution in [1.29, 1.82) is 0 Å². The van der Waals surface area contributed by atoms with E-state index in [1.165, 1.54) is 38.9 Å². The molecule has 0 radical (unpaired) electrons. The van der Waals surface area contributed by atoms with Crippen molar-refractivity contribution in [2.24, 2.45) is 0 Å². The van der Waals surface area contributed by atoms with E-state index in [9.17, 15) is 9.59 Å². The first kappa shape index (κ1) is 15.2. The number of nitrogens with zero attached hydrogens (tertiary/aromatic N) is 2. The minimum absolute atomic E-state index is 0.00333. The fourth-order valence-electron chi connectivity index (χ4n) is 3.57. The predicted molar refractivity (Wildman–Crippen MR) is 103 cm³/mol. The van der Waals surface area contributed by atoms with Gasteiger partial charge in [-0.15, -0.1) is 11.3 Å². The first-order valence-electron chi connectivity index (χ1n) is 8.38. The molecule has 1 aliphatic rings. The van der Waals surface area contributed by atoms with Gasteiger partial charge < -0.3 is 0 Å². The lowest BCUT2D eigenvalue weighted by molar-refractivity contribution is 0.0970. The number of carbonyl (C=O) groups excluding carboxylic acids is 1. The van der Waals surface area contributed by atoms with Gasteiger partial charge in [-0.05, 0) is 46.2 Å². The SMILES string of the molecule is O=C(Cn1cnc2sccc2c1=O)c1ccc2c(c1)Cc1ccccc1-2. The molecular weight excluding hydrogens is 344 g/mol. The fraction of sp³-hybridized carbons (Fsp3) is 0.0952. The average Bonchev–Trinajstić information content (AvgIpc) is 3.28. The molecule has 5 heteroatoms. The number of aromatic nitrogens is 2. The topological polar surface area (TPSA) is 52.0 Å². The minimum atomic E-state index is -0.168. The van der Waals surface area contributed by atoms with Crippen LogP contribution in [-0.4, -0.2) is 15.3 Å². The van der Waals surface area contributed by atoms with Gasteiger partial charge in [0.2, 0.25) is 0 Å². The molecule has 0 N–H and O–H groups in total. The van der Waals surface area contributed by atoms with Crippen LogP contribution < -0.4 is 5.56 Å². The first-order valence-corrected chi connectivity index (χ1v) is 9.26. The zero-order valence-corrected chi connectivity index (χ0v) is 14.6. The van der Waals surface area contributed by atoms with E-state index >= 15 is 0 Å². The molecule has 2 aromatic carbocycles. The molecule has 2 heterocycles. The van der Waals surface area contributed by atoms with Crippen molar-refractivity contribution in [1.82, 2.24) is 9.55 Å². The Balaban J connectivity index is 1.47. The Labute approximate surface area is 153 Å². The van der Waals surface area contributed by atoms with Gasteiger partial charge in [0.1, 0.15) is 4.83 Å². The highest BCUT2D eigenvalue weighted by atomic mass is 32.1. The van der Waals surface area contributed by atoms with Gasteiger partial charge in [-0.25, -0.2) is 4.98 Å². The highest BCUT2D eigenvalue weighted by Gasteiger charge is 2.19. The summed E-state index contributed by atoms with van der Waals surface area (Å²) in [5.41, 5.74) is 5.35. The van der Waals surface area contributed by atoms with Crippen molar-refractivity contribution in [3.05, 3.63) is 87.3 Å². The van der Waals surface area contributed by atoms with E-state index in [4.69, 9.17) is 0 Å². The molecule has 126 valence electrons. The normalized spacial score (nSPS) is 12.2. The number of carbonyl (C=O) groups is 1. The number of thiophene rings is 1. The van der Waals surface area contributed by atoms with Crippen LogP contribution >= 0.6 is 11.3 Å². The predicted octanol–water partition coefficient (Wildman–Crippen LogP) is 3.91. The lowest BCUT2D eigenvalue weighted by atomic mass is 10.0. The molecule has 0 unspecified atom stereocenters. The van der Waals surface area contributed by atoms with Crippen molar-refractivity contribution >= 4 is 27.3 Å². The number of ketones is 1. The molecule has 4 aromatic rings. The smallest absolute Gasteiger partial charge is 0.262 e. The maximum absolute atomic E-state index is 12.7. The Morgan fingerprint density at radius 2 is 1.92 bits per heavy atom. The van der Waals surface area contributed by atoms with Crippen LogP contribution in [0.25, 0.3) is 21.3 Å². The van der Waals surface area contributed by atoms with Crippen LogP contribution in [0.4, 0.5) is 0 Å². The van der Waals surface area contributed by atoms with Crippen LogP contribution in [0.5, 0.6) is 0 Å². The quantitative estimate of drug-likeness (QED) is 0.460. The largest absolute Gasteiger partial charge is 0.292 e. The Kier molecular flexibility index (Phi) is 3.36. The van der Waals surface area contributed by atoms with E-state index in [1.54, 1.807) is 6.07 Å². The number of benzene rings is 2. The van der Waals surface area contributed by atoms with E-state index in [-0.39, 0.29) is 17.9 Å². The number of rotatable bonds is 3. The van der Waals surface area contributed by atoms with Gasteiger partial charge in [-0.1, -0.05) is 36.4 Å². The van der Waals surface area contributed by atoms with Crippen LogP contribution in [0.1, 0.15) is 21.5 Å². The standard InChI is InChI=1S/C21H14N2O2S/c24-19(11-23-12-22-20-18(21(23)25)7-8-26-20)14-5-6-17-15(10-14)9-13-3-1-2-4-16(13)17/h1-8,10,12H,9,11H2. The van der Waals surface area contributed by atoms with E-state index in [2.05, 4.69) is 17.1 Å². The number of hydrogen-bond donors (Lipinski definition) is 0. The third-order valence-corrected chi connectivity index (χ3v) is 5.70. The third kappa shape index (κ3) is 2.32. The molecule has 0 saturated carbocycles. The maximum atomic E-state index is 12.7. The van der Waals surface area contributed by atoms with Gasteiger partial charge in [0.05, 0.1) is 18.3 Å². The van der Waals surface area contributed by atoms with Gasteiger partial charge in [-0.2, -0.15) is 0 Å². The summed E-state index contributed by atoms with van der Waals surface area (Å²) >= 11 is 1.42. The molecule has 0 bridgehead atoms. The molecule has 26 heavy (non-hydrogen) atoms. The molecular formula is C21H14N2O2S. The van der Waals surface area contributed by atoms with Crippen LogP contribution in [0.15, 0.2) is 65.0 Å². The highest BCUT2D eigenvalue weighted by Crippen LogP contribution is 2.36. The first-order chi connectivity index (χ1) is 12.7. The van der Waals surface area contributed by atoms with E-state index in [0.29, 0.717) is 15.8 Å². The summed E-state index contributed by atoms with van der Waals surface area (Å²) in [6.45, 7) is 0.00333. The monoisotopic (exact) mass is 358 g/mol. The molecule has 0 atom stereocenters. The highest BCUT2D eigenvalue weighted by molar-refractivity contribution is 7.16. The summed E-state index contributed by atoms with van der Waals surface area (Å²) in [7, 11) is 0. The molecule has 0 spiro atoms. The van der Waals surface area contributed by atoms with Crippen molar-refractivity contribution in [3.8, 4) is 11.1 Å². The second-order valence-corrected chi connectivity index (χ2v) is 7.34. The second-order valence-electron chi connectivity index (χ2n) is 6.45. The number of fused-ring (bicyclic) bond motifs is 4. The van der Waals surface area contributed by atoms with Gasteiger partial charge in [0.25, 0.3) is 5.56 Å². The van der Waals surface area contributed by atoms with Crippen LogP contribution in [0.2, 0.25) is 0 Å².